The lowest BCUT2D eigenvalue weighted by atomic mass is 9.99. The molecule has 6 nitrogen and oxygen atoms in total. The summed E-state index contributed by atoms with van der Waals surface area (Å²) in [6, 6.07) is 14.2. The van der Waals surface area contributed by atoms with Crippen molar-refractivity contribution in [2.45, 2.75) is 37.0 Å². The van der Waals surface area contributed by atoms with Crippen molar-refractivity contribution in [3.8, 4) is 0 Å². The molecule has 2 aromatic carbocycles. The Morgan fingerprint density at radius 3 is 2.00 bits per heavy atom. The van der Waals surface area contributed by atoms with Gasteiger partial charge in [-0.3, -0.25) is 0 Å². The van der Waals surface area contributed by atoms with Gasteiger partial charge in [0.25, 0.3) is 0 Å². The molecule has 8 heteroatoms. The maximum atomic E-state index is 10.3. The molecule has 0 amide bonds. The molecular weight excluding hydrogens is 407 g/mol. The first-order chi connectivity index (χ1) is 13.5. The van der Waals surface area contributed by atoms with Gasteiger partial charge in [-0.05, 0) is 24.3 Å². The van der Waals surface area contributed by atoms with E-state index in [2.05, 4.69) is 0 Å². The molecular formula is C20H20Cl2O6. The summed E-state index contributed by atoms with van der Waals surface area (Å²) < 4.78 is 23.9. The lowest BCUT2D eigenvalue weighted by molar-refractivity contribution is -0.373. The fraction of sp³-hybridized carbons (Fsp3) is 0.400. The van der Waals surface area contributed by atoms with Gasteiger partial charge in [-0.1, -0.05) is 47.5 Å². The number of fused-ring (bicyclic) bond motifs is 1. The second-order valence-corrected chi connectivity index (χ2v) is 7.60. The highest BCUT2D eigenvalue weighted by molar-refractivity contribution is 6.30. The number of halogens is 2. The maximum Gasteiger partial charge on any atom is 0.184 e. The highest BCUT2D eigenvalue weighted by atomic mass is 35.5. The molecule has 2 aliphatic rings. The fourth-order valence-corrected chi connectivity index (χ4v) is 3.60. The van der Waals surface area contributed by atoms with E-state index in [9.17, 15) is 10.2 Å². The van der Waals surface area contributed by atoms with Gasteiger partial charge >= 0.3 is 0 Å². The van der Waals surface area contributed by atoms with Crippen LogP contribution in [0.3, 0.4) is 0 Å². The molecule has 28 heavy (non-hydrogen) atoms. The summed E-state index contributed by atoms with van der Waals surface area (Å²) in [6.07, 6.45) is -4.38. The highest BCUT2D eigenvalue weighted by Gasteiger charge is 2.48. The van der Waals surface area contributed by atoms with E-state index in [1.54, 1.807) is 36.4 Å². The summed E-state index contributed by atoms with van der Waals surface area (Å²) in [5.74, 6) is 0. The Hall–Kier alpha value is -1.22. The molecule has 0 aliphatic carbocycles. The van der Waals surface area contributed by atoms with Crippen LogP contribution in [0.5, 0.6) is 0 Å². The van der Waals surface area contributed by atoms with E-state index in [0.717, 1.165) is 11.1 Å². The van der Waals surface area contributed by atoms with Gasteiger partial charge in [-0.2, -0.15) is 0 Å². The van der Waals surface area contributed by atoms with E-state index < -0.39 is 43.6 Å². The molecule has 0 aromatic heterocycles. The third kappa shape index (κ3) is 4.20. The summed E-state index contributed by atoms with van der Waals surface area (Å²) in [5, 5.41) is 21.0. The predicted molar refractivity (Wildman–Crippen MR) is 102 cm³/mol. The molecule has 150 valence electrons. The molecule has 4 rings (SSSR count). The molecule has 0 saturated carbocycles. The van der Waals surface area contributed by atoms with Crippen molar-refractivity contribution in [3.05, 3.63) is 69.7 Å². The molecule has 0 bridgehead atoms. The van der Waals surface area contributed by atoms with Crippen LogP contribution in [0.1, 0.15) is 23.7 Å². The van der Waals surface area contributed by atoms with Crippen LogP contribution < -0.4 is 0 Å². The van der Waals surface area contributed by atoms with Crippen molar-refractivity contribution < 1.29 is 29.2 Å². The van der Waals surface area contributed by atoms with Crippen LogP contribution in [-0.4, -0.2) is 47.8 Å². The van der Waals surface area contributed by atoms with Gasteiger partial charge in [0.15, 0.2) is 12.6 Å². The van der Waals surface area contributed by atoms with Crippen LogP contribution in [-0.2, 0) is 18.9 Å². The Morgan fingerprint density at radius 1 is 0.857 bits per heavy atom. The SMILES string of the molecule is OC[C@H](O)C1OC(c2ccc(Cl)cc2)OC2COC(c3ccc(Cl)cc3)O[C@@H]21. The summed E-state index contributed by atoms with van der Waals surface area (Å²) in [6.45, 7) is -0.211. The van der Waals surface area contributed by atoms with Gasteiger partial charge in [-0.15, -0.1) is 0 Å². The lowest BCUT2D eigenvalue weighted by Gasteiger charge is -2.47. The van der Waals surface area contributed by atoms with Crippen LogP contribution in [0.25, 0.3) is 0 Å². The molecule has 2 aliphatic heterocycles. The number of hydrogen-bond acceptors (Lipinski definition) is 6. The van der Waals surface area contributed by atoms with E-state index in [0.29, 0.717) is 10.0 Å². The van der Waals surface area contributed by atoms with E-state index in [1.165, 1.54) is 0 Å². The predicted octanol–water partition coefficient (Wildman–Crippen LogP) is 3.24. The van der Waals surface area contributed by atoms with Crippen molar-refractivity contribution in [2.24, 2.45) is 0 Å². The third-order valence-corrected chi connectivity index (χ3v) is 5.32. The van der Waals surface area contributed by atoms with E-state index in [1.807, 2.05) is 12.1 Å². The van der Waals surface area contributed by atoms with Crippen molar-refractivity contribution in [1.29, 1.82) is 0 Å². The van der Waals surface area contributed by atoms with Crippen LogP contribution in [0.2, 0.25) is 10.0 Å². The smallest absolute Gasteiger partial charge is 0.184 e. The molecule has 2 N–H and O–H groups in total. The zero-order valence-corrected chi connectivity index (χ0v) is 16.3. The summed E-state index contributed by atoms with van der Waals surface area (Å²) in [5.41, 5.74) is 1.54. The summed E-state index contributed by atoms with van der Waals surface area (Å²) >= 11 is 11.9. The average molecular weight is 427 g/mol. The molecule has 4 unspecified atom stereocenters. The highest BCUT2D eigenvalue weighted by Crippen LogP contribution is 2.39. The Balaban J connectivity index is 1.55. The van der Waals surface area contributed by atoms with Gasteiger partial charge in [-0.25, -0.2) is 0 Å². The standard InChI is InChI=1S/C20H20Cl2O6/c21-13-5-1-11(2-6-13)19-25-10-16-18(28-19)17(15(24)9-23)27-20(26-16)12-3-7-14(22)8-4-12/h1-8,15-20,23-24H,9-10H2/t15-,16?,17?,18-,19?,20?/m0/s1. The zero-order chi connectivity index (χ0) is 19.7. The summed E-state index contributed by atoms with van der Waals surface area (Å²) in [4.78, 5) is 0. The monoisotopic (exact) mass is 426 g/mol. The van der Waals surface area contributed by atoms with Crippen molar-refractivity contribution in [2.75, 3.05) is 13.2 Å². The minimum absolute atomic E-state index is 0.250. The maximum absolute atomic E-state index is 10.3. The quantitative estimate of drug-likeness (QED) is 0.781. The minimum Gasteiger partial charge on any atom is -0.394 e. The average Bonchev–Trinajstić information content (AvgIpc) is 2.73. The van der Waals surface area contributed by atoms with E-state index >= 15 is 0 Å². The first-order valence-corrected chi connectivity index (χ1v) is 9.68. The largest absolute Gasteiger partial charge is 0.394 e. The number of ether oxygens (including phenoxy) is 4. The topological polar surface area (TPSA) is 77.4 Å². The number of rotatable bonds is 4. The summed E-state index contributed by atoms with van der Waals surface area (Å²) in [7, 11) is 0. The lowest BCUT2D eigenvalue weighted by Crippen LogP contribution is -2.58. The molecule has 2 heterocycles. The normalized spacial score (nSPS) is 31.2. The van der Waals surface area contributed by atoms with Crippen molar-refractivity contribution in [1.82, 2.24) is 0 Å². The first kappa shape index (κ1) is 20.1. The third-order valence-electron chi connectivity index (χ3n) is 4.81. The van der Waals surface area contributed by atoms with Crippen molar-refractivity contribution in [3.63, 3.8) is 0 Å². The minimum atomic E-state index is -1.13. The Labute approximate surface area is 172 Å². The van der Waals surface area contributed by atoms with Gasteiger partial charge in [0.2, 0.25) is 0 Å². The second-order valence-electron chi connectivity index (χ2n) is 6.73. The molecule has 6 atom stereocenters. The number of hydrogen-bond donors (Lipinski definition) is 2. The first-order valence-electron chi connectivity index (χ1n) is 8.93. The Morgan fingerprint density at radius 2 is 1.43 bits per heavy atom. The molecule has 2 fully saturated rings. The number of aliphatic hydroxyl groups is 2. The number of benzene rings is 2. The van der Waals surface area contributed by atoms with Crippen LogP contribution in [0, 0.1) is 0 Å². The molecule has 0 spiro atoms. The van der Waals surface area contributed by atoms with Crippen LogP contribution in [0.4, 0.5) is 0 Å². The van der Waals surface area contributed by atoms with E-state index in [4.69, 9.17) is 42.1 Å². The van der Waals surface area contributed by atoms with Gasteiger partial charge in [0.1, 0.15) is 24.4 Å². The van der Waals surface area contributed by atoms with E-state index in [-0.39, 0.29) is 6.61 Å². The zero-order valence-electron chi connectivity index (χ0n) is 14.8. The fourth-order valence-electron chi connectivity index (χ4n) is 3.35. The van der Waals surface area contributed by atoms with Gasteiger partial charge < -0.3 is 29.2 Å². The molecule has 0 radical (unpaired) electrons. The van der Waals surface area contributed by atoms with Crippen LogP contribution >= 0.6 is 23.2 Å². The van der Waals surface area contributed by atoms with Crippen molar-refractivity contribution >= 4 is 23.2 Å². The second kappa shape index (κ2) is 8.65. The van der Waals surface area contributed by atoms with Crippen LogP contribution in [0.15, 0.2) is 48.5 Å². The van der Waals surface area contributed by atoms with Gasteiger partial charge in [0.05, 0.1) is 13.2 Å². The Bertz CT molecular complexity index is 782. The Kier molecular flexibility index (Phi) is 6.20. The molecule has 2 aromatic rings. The number of aliphatic hydroxyl groups excluding tert-OH is 2. The molecule has 2 saturated heterocycles. The van der Waals surface area contributed by atoms with Gasteiger partial charge in [0, 0.05) is 21.2 Å².